The van der Waals surface area contributed by atoms with E-state index in [-0.39, 0.29) is 11.9 Å². The van der Waals surface area contributed by atoms with Gasteiger partial charge in [0.15, 0.2) is 5.69 Å². The van der Waals surface area contributed by atoms with E-state index in [1.54, 1.807) is 36.2 Å². The normalized spacial score (nSPS) is 21.1. The number of hydrogen-bond donors (Lipinski definition) is 1. The molecule has 0 bridgehead atoms. The molecule has 23 heavy (non-hydrogen) atoms. The smallest absolute Gasteiger partial charge is 0.272 e. The molecule has 1 amide bonds. The number of rotatable bonds is 4. The molecule has 1 aromatic carbocycles. The summed E-state index contributed by atoms with van der Waals surface area (Å²) in [6.07, 6.45) is 5.97. The van der Waals surface area contributed by atoms with Crippen LogP contribution in [0.25, 0.3) is 5.69 Å². The molecule has 2 aromatic rings. The van der Waals surface area contributed by atoms with E-state index in [0.717, 1.165) is 31.4 Å². The zero-order valence-electron chi connectivity index (χ0n) is 13.0. The highest BCUT2D eigenvalue weighted by molar-refractivity contribution is 6.30. The molecule has 6 heteroatoms. The van der Waals surface area contributed by atoms with E-state index >= 15 is 0 Å². The van der Waals surface area contributed by atoms with Crippen molar-refractivity contribution in [2.45, 2.75) is 37.8 Å². The molecule has 1 fully saturated rings. The largest absolute Gasteiger partial charge is 0.381 e. The van der Waals surface area contributed by atoms with Gasteiger partial charge < -0.3 is 10.1 Å². The molecule has 1 heterocycles. The number of aromatic nitrogens is 2. The fourth-order valence-electron chi connectivity index (χ4n) is 2.88. The van der Waals surface area contributed by atoms with Gasteiger partial charge in [-0.25, -0.2) is 4.68 Å². The van der Waals surface area contributed by atoms with Crippen LogP contribution < -0.4 is 5.32 Å². The molecule has 1 N–H and O–H groups in total. The molecule has 3 rings (SSSR count). The predicted octanol–water partition coefficient (Wildman–Crippen LogP) is 3.21. The molecule has 1 aromatic heterocycles. The van der Waals surface area contributed by atoms with Gasteiger partial charge in [0.25, 0.3) is 5.91 Å². The first-order chi connectivity index (χ1) is 11.2. The van der Waals surface area contributed by atoms with Crippen molar-refractivity contribution in [3.05, 3.63) is 47.2 Å². The fraction of sp³-hybridized carbons (Fsp3) is 0.412. The van der Waals surface area contributed by atoms with Crippen LogP contribution in [0.15, 0.2) is 36.5 Å². The Morgan fingerprint density at radius 2 is 1.91 bits per heavy atom. The molecule has 5 nitrogen and oxygen atoms in total. The van der Waals surface area contributed by atoms with Gasteiger partial charge in [0.05, 0.1) is 11.8 Å². The van der Waals surface area contributed by atoms with Gasteiger partial charge in [-0.15, -0.1) is 0 Å². The number of amides is 1. The number of halogens is 1. The second kappa shape index (κ2) is 7.15. The van der Waals surface area contributed by atoms with Crippen molar-refractivity contribution >= 4 is 17.5 Å². The lowest BCUT2D eigenvalue weighted by Gasteiger charge is -2.27. The summed E-state index contributed by atoms with van der Waals surface area (Å²) in [6, 6.07) is 9.25. The Morgan fingerprint density at radius 1 is 1.22 bits per heavy atom. The van der Waals surface area contributed by atoms with Gasteiger partial charge in [0.1, 0.15) is 0 Å². The maximum atomic E-state index is 12.3. The van der Waals surface area contributed by atoms with Crippen LogP contribution in [-0.2, 0) is 4.74 Å². The first-order valence-corrected chi connectivity index (χ1v) is 8.19. The summed E-state index contributed by atoms with van der Waals surface area (Å²) in [6.45, 7) is 0. The number of hydrogen-bond acceptors (Lipinski definition) is 3. The van der Waals surface area contributed by atoms with Gasteiger partial charge in [-0.2, -0.15) is 5.10 Å². The Bertz CT molecular complexity index is 661. The van der Waals surface area contributed by atoms with Gasteiger partial charge >= 0.3 is 0 Å². The minimum Gasteiger partial charge on any atom is -0.381 e. The van der Waals surface area contributed by atoms with Gasteiger partial charge in [0, 0.05) is 24.4 Å². The summed E-state index contributed by atoms with van der Waals surface area (Å²) in [5.41, 5.74) is 1.29. The maximum Gasteiger partial charge on any atom is 0.272 e. The molecule has 1 aliphatic carbocycles. The van der Waals surface area contributed by atoms with Crippen LogP contribution >= 0.6 is 11.6 Å². The summed E-state index contributed by atoms with van der Waals surface area (Å²) in [5, 5.41) is 8.08. The molecule has 122 valence electrons. The topological polar surface area (TPSA) is 56.1 Å². The lowest BCUT2D eigenvalue weighted by Crippen LogP contribution is -2.39. The minimum atomic E-state index is -0.126. The quantitative estimate of drug-likeness (QED) is 0.934. The molecule has 0 aliphatic heterocycles. The molecule has 0 atom stereocenters. The van der Waals surface area contributed by atoms with E-state index in [1.165, 1.54) is 0 Å². The van der Waals surface area contributed by atoms with Crippen molar-refractivity contribution in [1.29, 1.82) is 0 Å². The third kappa shape index (κ3) is 3.92. The summed E-state index contributed by atoms with van der Waals surface area (Å²) >= 11 is 5.88. The highest BCUT2D eigenvalue weighted by Crippen LogP contribution is 2.21. The van der Waals surface area contributed by atoms with Crippen LogP contribution in [0.1, 0.15) is 36.2 Å². The van der Waals surface area contributed by atoms with E-state index in [0.29, 0.717) is 16.8 Å². The van der Waals surface area contributed by atoms with Crippen molar-refractivity contribution in [3.63, 3.8) is 0 Å². The minimum absolute atomic E-state index is 0.126. The average Bonchev–Trinajstić information content (AvgIpc) is 3.06. The molecule has 1 aliphatic rings. The Kier molecular flexibility index (Phi) is 4.98. The van der Waals surface area contributed by atoms with Crippen LogP contribution in [-0.4, -0.2) is 34.9 Å². The highest BCUT2D eigenvalue weighted by atomic mass is 35.5. The van der Waals surface area contributed by atoms with E-state index in [4.69, 9.17) is 16.3 Å². The number of ether oxygens (including phenoxy) is 1. The monoisotopic (exact) mass is 333 g/mol. The predicted molar refractivity (Wildman–Crippen MR) is 89.1 cm³/mol. The summed E-state index contributed by atoms with van der Waals surface area (Å²) in [7, 11) is 1.74. The SMILES string of the molecule is COC1CCC(NC(=O)c2ccn(-c3ccc(Cl)cc3)n2)CC1. The van der Waals surface area contributed by atoms with Gasteiger partial charge in [-0.1, -0.05) is 11.6 Å². The van der Waals surface area contributed by atoms with Crippen molar-refractivity contribution in [2.75, 3.05) is 7.11 Å². The Balaban J connectivity index is 1.61. The van der Waals surface area contributed by atoms with Crippen LogP contribution in [0.3, 0.4) is 0 Å². The molecule has 0 spiro atoms. The van der Waals surface area contributed by atoms with E-state index in [9.17, 15) is 4.79 Å². The van der Waals surface area contributed by atoms with Crippen molar-refractivity contribution < 1.29 is 9.53 Å². The number of methoxy groups -OCH3 is 1. The number of carbonyl (C=O) groups is 1. The maximum absolute atomic E-state index is 12.3. The van der Waals surface area contributed by atoms with E-state index in [2.05, 4.69) is 10.4 Å². The molecular formula is C17H20ClN3O2. The highest BCUT2D eigenvalue weighted by Gasteiger charge is 2.23. The van der Waals surface area contributed by atoms with Crippen molar-refractivity contribution in [1.82, 2.24) is 15.1 Å². The second-order valence-corrected chi connectivity index (χ2v) is 6.24. The molecule has 1 saturated carbocycles. The first-order valence-electron chi connectivity index (χ1n) is 7.81. The van der Waals surface area contributed by atoms with E-state index in [1.807, 2.05) is 12.1 Å². The van der Waals surface area contributed by atoms with Gasteiger partial charge in [-0.3, -0.25) is 4.79 Å². The lowest BCUT2D eigenvalue weighted by molar-refractivity contribution is 0.0598. The molecule has 0 saturated heterocycles. The number of nitrogens with one attached hydrogen (secondary N) is 1. The first kappa shape index (κ1) is 16.0. The van der Waals surface area contributed by atoms with Crippen molar-refractivity contribution in [2.24, 2.45) is 0 Å². The van der Waals surface area contributed by atoms with Gasteiger partial charge in [0.2, 0.25) is 0 Å². The third-order valence-corrected chi connectivity index (χ3v) is 4.51. The van der Waals surface area contributed by atoms with Crippen LogP contribution in [0.2, 0.25) is 5.02 Å². The zero-order chi connectivity index (χ0) is 16.2. The van der Waals surface area contributed by atoms with E-state index < -0.39 is 0 Å². The summed E-state index contributed by atoms with van der Waals surface area (Å²) in [4.78, 5) is 12.3. The average molecular weight is 334 g/mol. The summed E-state index contributed by atoms with van der Waals surface area (Å²) < 4.78 is 7.03. The third-order valence-electron chi connectivity index (χ3n) is 4.26. The Morgan fingerprint density at radius 3 is 2.57 bits per heavy atom. The Labute approximate surface area is 140 Å². The Hall–Kier alpha value is -1.85. The number of nitrogens with zero attached hydrogens (tertiary/aromatic N) is 2. The second-order valence-electron chi connectivity index (χ2n) is 5.80. The molecule has 0 radical (unpaired) electrons. The van der Waals surface area contributed by atoms with Crippen molar-refractivity contribution in [3.8, 4) is 5.69 Å². The summed E-state index contributed by atoms with van der Waals surface area (Å²) in [5.74, 6) is -0.126. The fourth-order valence-corrected chi connectivity index (χ4v) is 3.01. The lowest BCUT2D eigenvalue weighted by atomic mass is 9.93. The standard InChI is InChI=1S/C17H20ClN3O2/c1-23-15-8-4-13(5-9-15)19-17(22)16-10-11-21(20-16)14-6-2-12(18)3-7-14/h2-3,6-7,10-11,13,15H,4-5,8-9H2,1H3,(H,19,22). The van der Waals surface area contributed by atoms with Crippen LogP contribution in [0.4, 0.5) is 0 Å². The number of benzene rings is 1. The number of carbonyl (C=O) groups excluding carboxylic acids is 1. The molecular weight excluding hydrogens is 314 g/mol. The van der Waals surface area contributed by atoms with Crippen LogP contribution in [0, 0.1) is 0 Å². The van der Waals surface area contributed by atoms with Gasteiger partial charge in [-0.05, 0) is 56.0 Å². The van der Waals surface area contributed by atoms with Crippen LogP contribution in [0.5, 0.6) is 0 Å². The molecule has 0 unspecified atom stereocenters. The zero-order valence-corrected chi connectivity index (χ0v) is 13.8.